The summed E-state index contributed by atoms with van der Waals surface area (Å²) >= 11 is 0. The second kappa shape index (κ2) is 14.0. The van der Waals surface area contributed by atoms with E-state index >= 15 is 0 Å². The van der Waals surface area contributed by atoms with Crippen molar-refractivity contribution < 1.29 is 44.3 Å². The highest BCUT2D eigenvalue weighted by Gasteiger charge is 2.38. The average Bonchev–Trinajstić information content (AvgIpc) is 2.85. The van der Waals surface area contributed by atoms with Gasteiger partial charge in [-0.3, -0.25) is 4.90 Å². The minimum Gasteiger partial charge on any atom is -0.475 e. The lowest BCUT2D eigenvalue weighted by Gasteiger charge is -2.35. The van der Waals surface area contributed by atoms with Crippen LogP contribution in [-0.2, 0) is 24.8 Å². The minimum atomic E-state index is -5.08. The van der Waals surface area contributed by atoms with Gasteiger partial charge >= 0.3 is 12.1 Å². The molecule has 2 aliphatic rings. The predicted octanol–water partition coefficient (Wildman–Crippen LogP) is 1.56. The van der Waals surface area contributed by atoms with E-state index in [9.17, 15) is 34.4 Å². The van der Waals surface area contributed by atoms with E-state index < -0.39 is 38.0 Å². The standard InChI is InChI=1S/C20H33FN4O4S2.C2HF3O2/c1-18-4-2-3-11-23(18)14-15-25(31(28,29)20-7-5-19(21)6-8-20)16-17-30(26,27)24-12-9-22-10-13-24;3-2(4,5)1(6)7/h5-8,18,22H,2-4,9-17H2,1H3;(H,6,7). The van der Waals surface area contributed by atoms with E-state index in [0.29, 0.717) is 38.8 Å². The average molecular weight is 591 g/mol. The number of nitrogens with one attached hydrogen (secondary N) is 1. The molecule has 2 N–H and O–H groups in total. The zero-order valence-electron chi connectivity index (χ0n) is 21.0. The molecule has 3 rings (SSSR count). The number of sulfonamides is 2. The molecule has 2 fully saturated rings. The maximum absolute atomic E-state index is 13.3. The predicted molar refractivity (Wildman–Crippen MR) is 132 cm³/mol. The van der Waals surface area contributed by atoms with E-state index in [2.05, 4.69) is 17.1 Å². The molecule has 218 valence electrons. The monoisotopic (exact) mass is 590 g/mol. The van der Waals surface area contributed by atoms with Crippen LogP contribution in [0.15, 0.2) is 29.2 Å². The molecule has 0 aliphatic carbocycles. The summed E-state index contributed by atoms with van der Waals surface area (Å²) in [7, 11) is -7.51. The lowest BCUT2D eigenvalue weighted by atomic mass is 10.0. The first-order chi connectivity index (χ1) is 17.6. The van der Waals surface area contributed by atoms with Crippen LogP contribution in [0.4, 0.5) is 17.6 Å². The number of hydrogen-bond donors (Lipinski definition) is 2. The number of carboxylic acid groups (broad SMARTS) is 1. The highest BCUT2D eigenvalue weighted by molar-refractivity contribution is 7.90. The molecule has 0 saturated carbocycles. The number of alkyl halides is 3. The number of piperidine rings is 1. The third-order valence-corrected chi connectivity index (χ3v) is 10.1. The number of halogens is 4. The largest absolute Gasteiger partial charge is 0.490 e. The van der Waals surface area contributed by atoms with Gasteiger partial charge in [0.05, 0.1) is 10.6 Å². The molecule has 0 aromatic heterocycles. The number of carboxylic acids is 1. The molecule has 16 heteroatoms. The van der Waals surface area contributed by atoms with E-state index in [4.69, 9.17) is 9.90 Å². The molecule has 1 unspecified atom stereocenters. The second-order valence-corrected chi connectivity index (χ2v) is 13.0. The van der Waals surface area contributed by atoms with E-state index in [1.807, 2.05) is 0 Å². The van der Waals surface area contributed by atoms with Crippen molar-refractivity contribution in [2.24, 2.45) is 0 Å². The Morgan fingerprint density at radius 1 is 1.05 bits per heavy atom. The number of nitrogens with zero attached hydrogens (tertiary/aromatic N) is 3. The Labute approximate surface area is 220 Å². The number of hydrogen-bond acceptors (Lipinski definition) is 7. The molecule has 0 spiro atoms. The van der Waals surface area contributed by atoms with Crippen molar-refractivity contribution in [3.05, 3.63) is 30.1 Å². The lowest BCUT2D eigenvalue weighted by Crippen LogP contribution is -2.49. The van der Waals surface area contributed by atoms with Gasteiger partial charge in [0.25, 0.3) is 0 Å². The van der Waals surface area contributed by atoms with Crippen molar-refractivity contribution in [1.29, 1.82) is 0 Å². The Kier molecular flexibility index (Phi) is 11.9. The maximum Gasteiger partial charge on any atom is 0.490 e. The molecule has 2 saturated heterocycles. The number of aliphatic carboxylic acids is 1. The summed E-state index contributed by atoms with van der Waals surface area (Å²) in [5.74, 6) is -3.55. The van der Waals surface area contributed by atoms with Crippen LogP contribution < -0.4 is 5.32 Å². The molecule has 2 aliphatic heterocycles. The van der Waals surface area contributed by atoms with Crippen molar-refractivity contribution in [1.82, 2.24) is 18.8 Å². The molecular formula is C22H34F4N4O6S2. The Bertz CT molecular complexity index is 1110. The Morgan fingerprint density at radius 2 is 1.63 bits per heavy atom. The fourth-order valence-corrected chi connectivity index (χ4v) is 7.10. The highest BCUT2D eigenvalue weighted by atomic mass is 32.2. The molecule has 1 atom stereocenters. The van der Waals surface area contributed by atoms with Gasteiger partial charge in [-0.25, -0.2) is 26.0 Å². The van der Waals surface area contributed by atoms with Crippen molar-refractivity contribution in [2.45, 2.75) is 43.3 Å². The zero-order valence-corrected chi connectivity index (χ0v) is 22.7. The summed E-state index contributed by atoms with van der Waals surface area (Å²) in [6.45, 7) is 5.59. The van der Waals surface area contributed by atoms with E-state index in [-0.39, 0.29) is 23.7 Å². The van der Waals surface area contributed by atoms with Crippen LogP contribution in [0.2, 0.25) is 0 Å². The minimum absolute atomic E-state index is 0.0276. The van der Waals surface area contributed by atoms with Gasteiger partial charge in [-0.15, -0.1) is 0 Å². The van der Waals surface area contributed by atoms with Gasteiger partial charge in [0, 0.05) is 51.9 Å². The third kappa shape index (κ3) is 9.72. The van der Waals surface area contributed by atoms with E-state index in [1.54, 1.807) is 0 Å². The van der Waals surface area contributed by atoms with Crippen LogP contribution in [0.25, 0.3) is 0 Å². The number of carbonyl (C=O) groups is 1. The normalized spacial score (nSPS) is 20.1. The number of likely N-dealkylation sites (tertiary alicyclic amines) is 1. The van der Waals surface area contributed by atoms with Gasteiger partial charge in [0.15, 0.2) is 0 Å². The molecule has 38 heavy (non-hydrogen) atoms. The van der Waals surface area contributed by atoms with Gasteiger partial charge in [-0.1, -0.05) is 6.42 Å². The summed E-state index contributed by atoms with van der Waals surface area (Å²) < 4.78 is 99.8. The van der Waals surface area contributed by atoms with Crippen LogP contribution >= 0.6 is 0 Å². The van der Waals surface area contributed by atoms with Crippen LogP contribution in [-0.4, -0.2) is 112 Å². The van der Waals surface area contributed by atoms with E-state index in [0.717, 1.165) is 37.9 Å². The fraction of sp³-hybridized carbons (Fsp3) is 0.682. The fourth-order valence-electron chi connectivity index (χ4n) is 4.11. The molecule has 0 radical (unpaired) electrons. The van der Waals surface area contributed by atoms with Crippen LogP contribution in [0.1, 0.15) is 26.2 Å². The zero-order chi connectivity index (χ0) is 28.6. The first kappa shape index (κ1) is 32.4. The molecule has 10 nitrogen and oxygen atoms in total. The van der Waals surface area contributed by atoms with Gasteiger partial charge in [-0.2, -0.15) is 21.8 Å². The molecule has 0 bridgehead atoms. The Hall–Kier alpha value is -1.85. The number of rotatable bonds is 9. The topological polar surface area (TPSA) is 127 Å². The van der Waals surface area contributed by atoms with Crippen LogP contribution in [0.5, 0.6) is 0 Å². The van der Waals surface area contributed by atoms with Gasteiger partial charge in [0.2, 0.25) is 20.0 Å². The van der Waals surface area contributed by atoms with Gasteiger partial charge in [0.1, 0.15) is 5.82 Å². The molecular weight excluding hydrogens is 556 g/mol. The summed E-state index contributed by atoms with van der Waals surface area (Å²) in [5, 5.41) is 10.2. The van der Waals surface area contributed by atoms with Gasteiger partial charge < -0.3 is 10.4 Å². The summed E-state index contributed by atoms with van der Waals surface area (Å²) in [6.07, 6.45) is -1.77. The van der Waals surface area contributed by atoms with Crippen molar-refractivity contribution >= 4 is 26.0 Å². The highest BCUT2D eigenvalue weighted by Crippen LogP contribution is 2.20. The third-order valence-electron chi connectivity index (χ3n) is 6.34. The molecule has 1 aromatic rings. The first-order valence-electron chi connectivity index (χ1n) is 12.1. The second-order valence-electron chi connectivity index (χ2n) is 9.01. The van der Waals surface area contributed by atoms with Crippen molar-refractivity contribution in [3.63, 3.8) is 0 Å². The Morgan fingerprint density at radius 3 is 2.16 bits per heavy atom. The number of benzene rings is 1. The van der Waals surface area contributed by atoms with Crippen molar-refractivity contribution in [2.75, 3.05) is 58.1 Å². The SMILES string of the molecule is CC1CCCCN1CCN(CCS(=O)(=O)N1CCNCC1)S(=O)(=O)c1ccc(F)cc1.O=C(O)C(F)(F)F. The summed E-state index contributed by atoms with van der Waals surface area (Å²) in [6, 6.07) is 5.04. The molecule has 1 aromatic carbocycles. The lowest BCUT2D eigenvalue weighted by molar-refractivity contribution is -0.192. The van der Waals surface area contributed by atoms with Crippen molar-refractivity contribution in [3.8, 4) is 0 Å². The summed E-state index contributed by atoms with van der Waals surface area (Å²) in [5.41, 5.74) is 0. The first-order valence-corrected chi connectivity index (χ1v) is 15.2. The van der Waals surface area contributed by atoms with E-state index in [1.165, 1.54) is 20.7 Å². The van der Waals surface area contributed by atoms with Crippen LogP contribution in [0, 0.1) is 5.82 Å². The molecule has 0 amide bonds. The Balaban J connectivity index is 0.000000638. The summed E-state index contributed by atoms with van der Waals surface area (Å²) in [4.78, 5) is 11.1. The maximum atomic E-state index is 13.3. The number of piperazine rings is 1. The van der Waals surface area contributed by atoms with Gasteiger partial charge in [-0.05, 0) is 50.6 Å². The quantitative estimate of drug-likeness (QED) is 0.415. The smallest absolute Gasteiger partial charge is 0.475 e. The molecule has 2 heterocycles. The van der Waals surface area contributed by atoms with Crippen LogP contribution in [0.3, 0.4) is 0 Å².